The fourth-order valence-electron chi connectivity index (χ4n) is 4.37. The Morgan fingerprint density at radius 1 is 0.717 bits per heavy atom. The lowest BCUT2D eigenvalue weighted by Crippen LogP contribution is -2.55. The third-order valence-corrected chi connectivity index (χ3v) is 6.89. The Bertz CT molecular complexity index is 1330. The van der Waals surface area contributed by atoms with E-state index in [1.54, 1.807) is 30.3 Å². The summed E-state index contributed by atoms with van der Waals surface area (Å²) in [7, 11) is 3.62. The zero-order chi connectivity index (χ0) is 33.9. The van der Waals surface area contributed by atoms with Gasteiger partial charge in [0, 0.05) is 25.8 Å². The summed E-state index contributed by atoms with van der Waals surface area (Å²) in [6, 6.07) is 11.4. The van der Waals surface area contributed by atoms with Gasteiger partial charge in [-0.15, -0.1) is 0 Å². The first kappa shape index (κ1) is 37.2. The lowest BCUT2D eigenvalue weighted by molar-refractivity contribution is -0.143. The van der Waals surface area contributed by atoms with Crippen LogP contribution in [-0.2, 0) is 51.0 Å². The molecular formula is C33H43N3O10. The number of ether oxygens (including phenoxy) is 4. The van der Waals surface area contributed by atoms with Gasteiger partial charge in [0.15, 0.2) is 6.61 Å². The molecule has 0 spiro atoms. The molecule has 13 nitrogen and oxygen atoms in total. The van der Waals surface area contributed by atoms with E-state index in [9.17, 15) is 28.8 Å². The number of nitrogens with one attached hydrogen (secondary N) is 3. The number of hydrogen-bond donors (Lipinski definition) is 3. The monoisotopic (exact) mass is 641 g/mol. The SMILES string of the molecule is CCCCCNC(=O)[C@H](Cc1ccc(OCC(=O)OC)c(C(=O)OC)c1)NC(=O)C(Cc1ccccc1)NC(=O)CCC(=O)OC. The predicted octanol–water partition coefficient (Wildman–Crippen LogP) is 2.04. The minimum Gasteiger partial charge on any atom is -0.481 e. The van der Waals surface area contributed by atoms with Crippen LogP contribution < -0.4 is 20.7 Å². The highest BCUT2D eigenvalue weighted by atomic mass is 16.6. The van der Waals surface area contributed by atoms with Crippen LogP contribution in [0.1, 0.15) is 60.5 Å². The maximum Gasteiger partial charge on any atom is 0.343 e. The number of rotatable bonds is 19. The van der Waals surface area contributed by atoms with E-state index in [2.05, 4.69) is 25.4 Å². The largest absolute Gasteiger partial charge is 0.481 e. The Hall–Kier alpha value is -4.94. The number of esters is 3. The van der Waals surface area contributed by atoms with Gasteiger partial charge in [0.2, 0.25) is 17.7 Å². The molecule has 3 N–H and O–H groups in total. The Kier molecular flexibility index (Phi) is 16.3. The number of methoxy groups -OCH3 is 3. The average Bonchev–Trinajstić information content (AvgIpc) is 3.07. The molecule has 0 radical (unpaired) electrons. The zero-order valence-electron chi connectivity index (χ0n) is 26.7. The Morgan fingerprint density at radius 2 is 1.39 bits per heavy atom. The summed E-state index contributed by atoms with van der Waals surface area (Å²) < 4.78 is 19.5. The number of unbranched alkanes of at least 4 members (excludes halogenated alkanes) is 2. The fraction of sp³-hybridized carbons (Fsp3) is 0.455. The molecule has 2 aromatic rings. The molecule has 1 unspecified atom stereocenters. The van der Waals surface area contributed by atoms with Gasteiger partial charge in [-0.1, -0.05) is 56.2 Å². The van der Waals surface area contributed by atoms with Crippen LogP contribution in [0, 0.1) is 0 Å². The molecular weight excluding hydrogens is 598 g/mol. The minimum atomic E-state index is -1.09. The molecule has 3 amide bonds. The molecule has 2 atom stereocenters. The van der Waals surface area contributed by atoms with E-state index in [4.69, 9.17) is 9.47 Å². The van der Waals surface area contributed by atoms with Crippen LogP contribution in [0.4, 0.5) is 0 Å². The predicted molar refractivity (Wildman–Crippen MR) is 167 cm³/mol. The van der Waals surface area contributed by atoms with Crippen LogP contribution in [0.3, 0.4) is 0 Å². The van der Waals surface area contributed by atoms with Gasteiger partial charge in [-0.2, -0.15) is 0 Å². The van der Waals surface area contributed by atoms with Gasteiger partial charge in [-0.25, -0.2) is 9.59 Å². The van der Waals surface area contributed by atoms with Crippen molar-refractivity contribution in [3.63, 3.8) is 0 Å². The lowest BCUT2D eigenvalue weighted by atomic mass is 10.0. The van der Waals surface area contributed by atoms with Crippen LogP contribution in [0.5, 0.6) is 5.75 Å². The quantitative estimate of drug-likeness (QED) is 0.117. The van der Waals surface area contributed by atoms with Gasteiger partial charge >= 0.3 is 17.9 Å². The maximum absolute atomic E-state index is 13.7. The molecule has 46 heavy (non-hydrogen) atoms. The number of carbonyl (C=O) groups is 6. The molecule has 0 aromatic heterocycles. The van der Waals surface area contributed by atoms with Crippen molar-refractivity contribution in [2.45, 2.75) is 64.0 Å². The third kappa shape index (κ3) is 13.0. The highest BCUT2D eigenvalue weighted by Gasteiger charge is 2.28. The van der Waals surface area contributed by atoms with E-state index >= 15 is 0 Å². The van der Waals surface area contributed by atoms with Crippen LogP contribution in [0.25, 0.3) is 0 Å². The van der Waals surface area contributed by atoms with Crippen molar-refractivity contribution in [1.82, 2.24) is 16.0 Å². The van der Waals surface area contributed by atoms with E-state index in [1.165, 1.54) is 33.5 Å². The summed E-state index contributed by atoms with van der Waals surface area (Å²) >= 11 is 0. The van der Waals surface area contributed by atoms with Crippen LogP contribution >= 0.6 is 0 Å². The molecule has 0 aliphatic carbocycles. The third-order valence-electron chi connectivity index (χ3n) is 6.89. The number of hydrogen-bond acceptors (Lipinski definition) is 10. The Balaban J connectivity index is 2.35. The van der Waals surface area contributed by atoms with Gasteiger partial charge in [0.25, 0.3) is 0 Å². The molecule has 0 bridgehead atoms. The van der Waals surface area contributed by atoms with Gasteiger partial charge < -0.3 is 34.9 Å². The summed E-state index contributed by atoms with van der Waals surface area (Å²) in [5.74, 6) is -3.47. The molecule has 2 aromatic carbocycles. The lowest BCUT2D eigenvalue weighted by Gasteiger charge is -2.24. The first-order valence-corrected chi connectivity index (χ1v) is 15.0. The molecule has 2 rings (SSSR count). The summed E-state index contributed by atoms with van der Waals surface area (Å²) in [5.41, 5.74) is 1.26. The second kappa shape index (κ2) is 20.2. The van der Waals surface area contributed by atoms with Crippen LogP contribution in [0.2, 0.25) is 0 Å². The van der Waals surface area contributed by atoms with E-state index in [1.807, 2.05) is 13.0 Å². The molecule has 250 valence electrons. The maximum atomic E-state index is 13.7. The normalized spacial score (nSPS) is 11.7. The van der Waals surface area contributed by atoms with Gasteiger partial charge in [-0.05, 0) is 29.7 Å². The fourth-order valence-corrected chi connectivity index (χ4v) is 4.37. The number of benzene rings is 2. The molecule has 0 saturated carbocycles. The Morgan fingerprint density at radius 3 is 2.04 bits per heavy atom. The van der Waals surface area contributed by atoms with Crippen molar-refractivity contribution in [2.75, 3.05) is 34.5 Å². The standard InChI is InChI=1S/C33H43N3O10/c1-5-6-10-17-34-31(40)25(20-23-13-14-27(46-21-30(39)44-3)24(18-23)33(42)45-4)36-32(41)26(19-22-11-8-7-9-12-22)35-28(37)15-16-29(38)43-2/h7-9,11-14,18,25-26H,5-6,10,15-17,19-21H2,1-4H3,(H,34,40)(H,35,37)(H,36,41)/t25-,26?/m0/s1. The van der Waals surface area contributed by atoms with E-state index in [-0.39, 0.29) is 37.0 Å². The van der Waals surface area contributed by atoms with E-state index in [0.29, 0.717) is 12.1 Å². The number of amides is 3. The number of carbonyl (C=O) groups excluding carboxylic acids is 6. The van der Waals surface area contributed by atoms with Crippen LogP contribution in [0.15, 0.2) is 48.5 Å². The smallest absolute Gasteiger partial charge is 0.343 e. The van der Waals surface area contributed by atoms with Crippen molar-refractivity contribution in [3.8, 4) is 5.75 Å². The topological polar surface area (TPSA) is 175 Å². The zero-order valence-corrected chi connectivity index (χ0v) is 26.7. The van der Waals surface area contributed by atoms with Crippen molar-refractivity contribution in [2.24, 2.45) is 0 Å². The summed E-state index contributed by atoms with van der Waals surface area (Å²) in [6.07, 6.45) is 2.35. The average molecular weight is 642 g/mol. The van der Waals surface area contributed by atoms with Crippen LogP contribution in [-0.4, -0.2) is 82.2 Å². The minimum absolute atomic E-state index is 0.0113. The van der Waals surface area contributed by atoms with E-state index < -0.39 is 54.3 Å². The second-order valence-electron chi connectivity index (χ2n) is 10.3. The second-order valence-corrected chi connectivity index (χ2v) is 10.3. The summed E-state index contributed by atoms with van der Waals surface area (Å²) in [6.45, 7) is 1.99. The highest BCUT2D eigenvalue weighted by molar-refractivity contribution is 5.94. The highest BCUT2D eigenvalue weighted by Crippen LogP contribution is 2.22. The van der Waals surface area contributed by atoms with Gasteiger partial charge in [-0.3, -0.25) is 19.2 Å². The molecule has 0 aliphatic heterocycles. The molecule has 0 heterocycles. The van der Waals surface area contributed by atoms with Crippen molar-refractivity contribution < 1.29 is 47.7 Å². The first-order valence-electron chi connectivity index (χ1n) is 15.0. The Labute approximate surface area is 268 Å². The van der Waals surface area contributed by atoms with E-state index in [0.717, 1.165) is 24.8 Å². The van der Waals surface area contributed by atoms with Crippen molar-refractivity contribution in [3.05, 3.63) is 65.2 Å². The van der Waals surface area contributed by atoms with Crippen molar-refractivity contribution >= 4 is 35.6 Å². The summed E-state index contributed by atoms with van der Waals surface area (Å²) in [5, 5.41) is 8.29. The molecule has 13 heteroatoms. The van der Waals surface area contributed by atoms with Gasteiger partial charge in [0.1, 0.15) is 23.4 Å². The molecule has 0 aliphatic rings. The van der Waals surface area contributed by atoms with Gasteiger partial charge in [0.05, 0.1) is 27.8 Å². The summed E-state index contributed by atoms with van der Waals surface area (Å²) in [4.78, 5) is 75.4. The molecule has 0 fully saturated rings. The molecule has 0 saturated heterocycles. The van der Waals surface area contributed by atoms with Crippen molar-refractivity contribution in [1.29, 1.82) is 0 Å². The first-order chi connectivity index (χ1) is 22.1.